The summed E-state index contributed by atoms with van der Waals surface area (Å²) in [5, 5.41) is 21.3. The second-order valence-corrected chi connectivity index (χ2v) is 48.4. The Hall–Kier alpha value is -6.77. The highest BCUT2D eigenvalue weighted by Gasteiger charge is 2.66. The molecule has 0 aromatic carbocycles. The van der Waals surface area contributed by atoms with Gasteiger partial charge in [-0.1, -0.05) is 90.0 Å². The fourth-order valence-corrected chi connectivity index (χ4v) is 19.2. The average Bonchev–Trinajstić information content (AvgIpc) is 1.31. The van der Waals surface area contributed by atoms with Gasteiger partial charge in [0.15, 0.2) is 43.3 Å². The summed E-state index contributed by atoms with van der Waals surface area (Å²) in [5.74, 6) is -0.865. The van der Waals surface area contributed by atoms with Gasteiger partial charge >= 0.3 is 65.7 Å². The molecule has 0 aromatic heterocycles. The lowest BCUT2D eigenvalue weighted by Crippen LogP contribution is -2.61. The average molecular weight is 1970 g/mol. The molecule has 31 heteroatoms. The molecule has 9 saturated carbocycles. The Morgan fingerprint density at radius 2 is 0.763 bits per heavy atom. The van der Waals surface area contributed by atoms with E-state index < -0.39 is 85.5 Å². The maximum Gasteiger partial charge on any atom is 0.347 e. The van der Waals surface area contributed by atoms with E-state index in [0.717, 1.165) is 103 Å². The molecule has 12 atom stereocenters. The summed E-state index contributed by atoms with van der Waals surface area (Å²) in [6.07, 6.45) is 23.2. The highest BCUT2D eigenvalue weighted by Crippen LogP contribution is 2.61. The topological polar surface area (TPSA) is 410 Å². The molecule has 9 aliphatic carbocycles. The Bertz CT molecular complexity index is 3930. The number of aliphatic hydroxyl groups is 2. The second kappa shape index (κ2) is 50.4. The van der Waals surface area contributed by atoms with E-state index in [9.17, 15) is 72.5 Å². The molecule has 15 rings (SSSR count). The van der Waals surface area contributed by atoms with Crippen LogP contribution in [0.3, 0.4) is 0 Å². The molecule has 15 aliphatic rings. The molecular weight excluding hydrogens is 1790 g/mol. The first-order valence-corrected chi connectivity index (χ1v) is 52.0. The monoisotopic (exact) mass is 1970 g/mol. The Morgan fingerprint density at radius 3 is 1.11 bits per heavy atom. The van der Waals surface area contributed by atoms with Crippen LogP contribution in [0.25, 0.3) is 0 Å². The molecule has 10 bridgehead atoms. The molecule has 6 heterocycles. The number of carbonyl (C=O) groups is 13. The fourth-order valence-electron chi connectivity index (χ4n) is 19.2. The summed E-state index contributed by atoms with van der Waals surface area (Å²) in [5.41, 5.74) is -5.77. The molecule has 0 spiro atoms. The Labute approximate surface area is 829 Å². The van der Waals surface area contributed by atoms with Crippen LogP contribution in [-0.2, 0) is 138 Å². The summed E-state index contributed by atoms with van der Waals surface area (Å²) in [7, 11) is 0. The molecule has 6 saturated heterocycles. The molecule has 0 radical (unpaired) electrons. The van der Waals surface area contributed by atoms with E-state index in [-0.39, 0.29) is 151 Å². The first-order chi connectivity index (χ1) is 64.3. The molecule has 12 unspecified atom stereocenters. The zero-order valence-electron chi connectivity index (χ0n) is 90.3. The van der Waals surface area contributed by atoms with Crippen molar-refractivity contribution in [2.24, 2.45) is 84.2 Å². The van der Waals surface area contributed by atoms with Gasteiger partial charge in [0.1, 0.15) is 42.9 Å². The van der Waals surface area contributed by atoms with Gasteiger partial charge < -0.3 is 86.0 Å². The minimum Gasteiger partial charge on any atom is -0.463 e. The van der Waals surface area contributed by atoms with Gasteiger partial charge in [-0.05, 0) is 313 Å². The van der Waals surface area contributed by atoms with Crippen molar-refractivity contribution in [1.82, 2.24) is 0 Å². The maximum atomic E-state index is 12.4. The minimum atomic E-state index is -0.687. The van der Waals surface area contributed by atoms with Crippen molar-refractivity contribution in [3.8, 4) is 0 Å². The van der Waals surface area contributed by atoms with E-state index >= 15 is 0 Å². The van der Waals surface area contributed by atoms with Gasteiger partial charge in [-0.15, -0.1) is 0 Å². The quantitative estimate of drug-likeness (QED) is 0.0257. The van der Waals surface area contributed by atoms with Gasteiger partial charge in [-0.25, -0.2) is 9.59 Å². The Kier molecular flexibility index (Phi) is 43.8. The maximum absolute atomic E-state index is 12.4. The van der Waals surface area contributed by atoms with E-state index in [2.05, 4.69) is 13.8 Å². The van der Waals surface area contributed by atoms with E-state index in [1.807, 2.05) is 132 Å². The van der Waals surface area contributed by atoms with Crippen molar-refractivity contribution < 1.29 is 148 Å². The van der Waals surface area contributed by atoms with Crippen LogP contribution < -0.4 is 0 Å². The number of carbonyl (C=O) groups excluding carboxylic acids is 13. The first-order valence-electron chi connectivity index (χ1n) is 52.0. The number of ether oxygens (including phenoxy) is 16. The van der Waals surface area contributed by atoms with E-state index in [1.165, 1.54) is 25.7 Å². The highest BCUT2D eigenvalue weighted by atomic mass is 16.7. The summed E-state index contributed by atoms with van der Waals surface area (Å²) in [6, 6.07) is 0. The van der Waals surface area contributed by atoms with Gasteiger partial charge in [-0.2, -0.15) is 0 Å². The molecule has 0 amide bonds. The second-order valence-electron chi connectivity index (χ2n) is 48.4. The lowest BCUT2D eigenvalue weighted by Gasteiger charge is -2.59. The van der Waals surface area contributed by atoms with Crippen LogP contribution in [0.2, 0.25) is 0 Å². The molecule has 15 fully saturated rings. The zero-order valence-corrected chi connectivity index (χ0v) is 90.3. The lowest BCUT2D eigenvalue weighted by atomic mass is 9.52. The van der Waals surface area contributed by atoms with Crippen LogP contribution in [-0.4, -0.2) is 218 Å². The summed E-state index contributed by atoms with van der Waals surface area (Å²) in [6.45, 7) is 57.3. The van der Waals surface area contributed by atoms with Gasteiger partial charge in [0.25, 0.3) is 0 Å². The van der Waals surface area contributed by atoms with E-state index in [0.29, 0.717) is 120 Å². The van der Waals surface area contributed by atoms with Crippen LogP contribution in [0.15, 0.2) is 0 Å². The predicted molar refractivity (Wildman–Crippen MR) is 517 cm³/mol. The van der Waals surface area contributed by atoms with Gasteiger partial charge in [0, 0.05) is 32.3 Å². The van der Waals surface area contributed by atoms with Crippen LogP contribution in [0, 0.1) is 84.2 Å². The van der Waals surface area contributed by atoms with Gasteiger partial charge in [-0.3, -0.25) is 52.7 Å². The van der Waals surface area contributed by atoms with E-state index in [1.54, 1.807) is 55.4 Å². The lowest BCUT2D eigenvalue weighted by molar-refractivity contribution is -0.226. The number of hydrogen-bond donors (Lipinski definition) is 2. The van der Waals surface area contributed by atoms with Gasteiger partial charge in [0.2, 0.25) is 12.2 Å². The molecule has 0 aromatic rings. The molecular formula is C108H180O31. The van der Waals surface area contributed by atoms with Crippen molar-refractivity contribution >= 4 is 77.2 Å². The number of ketones is 2. The number of esters is 11. The third-order valence-electron chi connectivity index (χ3n) is 31.4. The first kappa shape index (κ1) is 121. The third-order valence-corrected chi connectivity index (χ3v) is 31.4. The Morgan fingerprint density at radius 1 is 0.396 bits per heavy atom. The van der Waals surface area contributed by atoms with Crippen molar-refractivity contribution in [2.75, 3.05) is 59.6 Å². The van der Waals surface area contributed by atoms with Gasteiger partial charge in [0.05, 0.1) is 86.4 Å². The highest BCUT2D eigenvalue weighted by molar-refractivity contribution is 5.87. The van der Waals surface area contributed by atoms with Crippen LogP contribution in [0.1, 0.15) is 393 Å². The largest absolute Gasteiger partial charge is 0.463 e. The molecule has 139 heavy (non-hydrogen) atoms. The van der Waals surface area contributed by atoms with Crippen molar-refractivity contribution in [3.63, 3.8) is 0 Å². The molecule has 2 N–H and O–H groups in total. The van der Waals surface area contributed by atoms with Crippen molar-refractivity contribution in [3.05, 3.63) is 0 Å². The predicted octanol–water partition coefficient (Wildman–Crippen LogP) is 18.3. The van der Waals surface area contributed by atoms with Crippen molar-refractivity contribution in [1.29, 1.82) is 0 Å². The number of Topliss-reactive ketones (excluding diaryl/α,β-unsaturated/α-hetero) is 2. The summed E-state index contributed by atoms with van der Waals surface area (Å²) >= 11 is 0. The smallest absolute Gasteiger partial charge is 0.347 e. The number of fused-ring (bicyclic) bond motifs is 1. The van der Waals surface area contributed by atoms with Crippen LogP contribution >= 0.6 is 0 Å². The SMILES string of the molecule is CCC(C)(C)C(=O)OC1(C(C)C)CCCC1.CCC(C)(C)C(=O)OC12CC3CC(CC(O)(C3)C1)C2.CCC(C)(C)C(=O)OC12CC3CC(CC(O)(C3)C1)C2.CCC(C)(C)C(=O)OC1C2CC3C(=O)OC1C3O2.CCC(C)(C)C(=O)OC1CCOC1=O.CCC(C)(C)C(=O)OC1CCOC1=O.CCC(C)(C)C(=O)OCC(=O)COC1CCCCO1.CCC(C)(C)C(=O)OCC(=O)COCOCC(C)(C)C. The van der Waals surface area contributed by atoms with E-state index in [4.69, 9.17) is 75.8 Å². The zero-order chi connectivity index (χ0) is 105. The summed E-state index contributed by atoms with van der Waals surface area (Å²) in [4.78, 5) is 152. The Balaban J connectivity index is 0.000000244. The number of hydrogen-bond acceptors (Lipinski definition) is 31. The fraction of sp³-hybridized carbons (Fsp3) is 0.880. The molecule has 798 valence electrons. The standard InChI is InChI=1S/2C16H26O3.C15H28O5.C14H24O5.C14H26O2.C13H18O5.2C10H16O4/c2*1-4-14(2,3)13(17)19-16-8-11-5-12(9-16)7-15(18,6-11)10-16;1-7-15(5,6)13(17)20-9-12(16)8-18-11-19-10-14(2,3)4;1-4-14(2,3)13(16)19-10-11(15)9-18-12-7-5-6-8-17-12;1-6-13(4,5)12(15)16-14(11(2)3)9-7-8-10-14;1-4-13(2,3)12(15)18-9-7-5-6-8(16-7)10(9)17-11(6)14;2*1-4-10(2,3)9(12)14-7-5-6-13-8(7)11/h2*11-12,18H,4-10H2,1-3H3;7-11H2,1-6H3;12H,4-10H2,1-3H3;11H,6-10H2,1-5H3;6-10H,4-5H2,1-3H3;2*7H,4-6H2,1-3H3. The number of cyclic esters (lactones) is 2. The molecule has 6 aliphatic heterocycles. The van der Waals surface area contributed by atoms with Crippen molar-refractivity contribution in [2.45, 2.75) is 464 Å². The normalized spacial score (nSPS) is 28.7. The third kappa shape index (κ3) is 34.7. The summed E-state index contributed by atoms with van der Waals surface area (Å²) < 4.78 is 84.8. The number of rotatable bonds is 35. The van der Waals surface area contributed by atoms with Crippen LogP contribution in [0.5, 0.6) is 0 Å². The molecule has 31 nitrogen and oxygen atoms in total. The van der Waals surface area contributed by atoms with Crippen LogP contribution in [0.4, 0.5) is 0 Å². The minimum absolute atomic E-state index is 0.0226.